The molecule has 0 unspecified atom stereocenters. The molecule has 0 saturated carbocycles. The van der Waals surface area contributed by atoms with Crippen molar-refractivity contribution in [1.29, 1.82) is 0 Å². The Kier molecular flexibility index (Phi) is 6.23. The molecule has 31 heavy (non-hydrogen) atoms. The van der Waals surface area contributed by atoms with Gasteiger partial charge in [-0.25, -0.2) is 4.68 Å². The molecule has 2 aromatic carbocycles. The van der Waals surface area contributed by atoms with Crippen molar-refractivity contribution < 1.29 is 14.3 Å². The van der Waals surface area contributed by atoms with Crippen molar-refractivity contribution in [2.75, 3.05) is 40.4 Å². The fourth-order valence-corrected chi connectivity index (χ4v) is 3.81. The molecule has 0 spiro atoms. The van der Waals surface area contributed by atoms with Crippen LogP contribution in [0.5, 0.6) is 11.5 Å². The molecule has 1 aromatic heterocycles. The lowest BCUT2D eigenvalue weighted by atomic mass is 10.2. The second-order valence-electron chi connectivity index (χ2n) is 7.74. The van der Waals surface area contributed by atoms with E-state index in [0.717, 1.165) is 42.4 Å². The monoisotopic (exact) mass is 420 g/mol. The molecule has 0 N–H and O–H groups in total. The van der Waals surface area contributed by atoms with Crippen LogP contribution in [0.2, 0.25) is 0 Å². The van der Waals surface area contributed by atoms with E-state index in [0.29, 0.717) is 18.8 Å². The summed E-state index contributed by atoms with van der Waals surface area (Å²) in [6.45, 7) is 5.94. The van der Waals surface area contributed by atoms with Crippen LogP contribution in [0.15, 0.2) is 54.7 Å². The van der Waals surface area contributed by atoms with Crippen molar-refractivity contribution in [2.24, 2.45) is 0 Å². The Balaban J connectivity index is 1.37. The normalized spacial score (nSPS) is 14.5. The van der Waals surface area contributed by atoms with Gasteiger partial charge in [-0.15, -0.1) is 0 Å². The van der Waals surface area contributed by atoms with E-state index in [-0.39, 0.29) is 5.91 Å². The number of piperazine rings is 1. The number of aromatic nitrogens is 2. The number of methoxy groups -OCH3 is 2. The van der Waals surface area contributed by atoms with Crippen molar-refractivity contribution in [3.63, 3.8) is 0 Å². The van der Waals surface area contributed by atoms with Gasteiger partial charge in [-0.3, -0.25) is 9.69 Å². The number of amides is 1. The fraction of sp³-hybridized carbons (Fsp3) is 0.333. The van der Waals surface area contributed by atoms with Crippen molar-refractivity contribution in [1.82, 2.24) is 19.6 Å². The van der Waals surface area contributed by atoms with Gasteiger partial charge in [0.1, 0.15) is 17.2 Å². The molecular formula is C24H28N4O3. The van der Waals surface area contributed by atoms with E-state index in [1.165, 1.54) is 5.56 Å². The summed E-state index contributed by atoms with van der Waals surface area (Å²) in [5.74, 6) is 1.55. The number of rotatable bonds is 6. The Labute approximate surface area is 182 Å². The van der Waals surface area contributed by atoms with Gasteiger partial charge in [0.15, 0.2) is 5.69 Å². The van der Waals surface area contributed by atoms with Crippen LogP contribution >= 0.6 is 0 Å². The van der Waals surface area contributed by atoms with Crippen LogP contribution in [0, 0.1) is 6.92 Å². The second kappa shape index (κ2) is 9.22. The van der Waals surface area contributed by atoms with Gasteiger partial charge in [0.05, 0.1) is 14.2 Å². The summed E-state index contributed by atoms with van der Waals surface area (Å²) in [6.07, 6.45) is 1.81. The molecular weight excluding hydrogens is 392 g/mol. The molecule has 0 atom stereocenters. The zero-order valence-electron chi connectivity index (χ0n) is 18.2. The first kappa shape index (κ1) is 20.9. The lowest BCUT2D eigenvalue weighted by Crippen LogP contribution is -2.48. The number of carbonyl (C=O) groups excluding carboxylic acids is 1. The molecule has 1 saturated heterocycles. The van der Waals surface area contributed by atoms with E-state index in [9.17, 15) is 4.79 Å². The smallest absolute Gasteiger partial charge is 0.274 e. The van der Waals surface area contributed by atoms with Crippen molar-refractivity contribution >= 4 is 5.91 Å². The summed E-state index contributed by atoms with van der Waals surface area (Å²) < 4.78 is 12.4. The number of benzene rings is 2. The van der Waals surface area contributed by atoms with Crippen LogP contribution in [-0.2, 0) is 6.54 Å². The molecule has 162 valence electrons. The Morgan fingerprint density at radius 3 is 2.39 bits per heavy atom. The van der Waals surface area contributed by atoms with Crippen LogP contribution in [0.4, 0.5) is 0 Å². The SMILES string of the molecule is COc1ccc(CN2CCN(C(=O)c3ccn(-c4cc(C)ccc4OC)n3)CC2)cc1. The predicted octanol–water partition coefficient (Wildman–Crippen LogP) is 3.16. The van der Waals surface area contributed by atoms with Crippen LogP contribution < -0.4 is 9.47 Å². The Hall–Kier alpha value is -3.32. The van der Waals surface area contributed by atoms with Crippen molar-refractivity contribution in [3.05, 3.63) is 71.5 Å². The van der Waals surface area contributed by atoms with E-state index in [4.69, 9.17) is 9.47 Å². The minimum Gasteiger partial charge on any atom is -0.497 e. The van der Waals surface area contributed by atoms with Gasteiger partial charge in [0, 0.05) is 38.9 Å². The zero-order valence-corrected chi connectivity index (χ0v) is 18.2. The molecule has 4 rings (SSSR count). The molecule has 1 fully saturated rings. The Bertz CT molecular complexity index is 1040. The molecule has 2 heterocycles. The minimum atomic E-state index is -0.0329. The summed E-state index contributed by atoms with van der Waals surface area (Å²) in [6, 6.07) is 15.8. The highest BCUT2D eigenvalue weighted by Crippen LogP contribution is 2.24. The first-order chi connectivity index (χ1) is 15.1. The van der Waals surface area contributed by atoms with E-state index >= 15 is 0 Å². The molecule has 0 aliphatic carbocycles. The molecule has 3 aromatic rings. The number of nitrogens with zero attached hydrogens (tertiary/aromatic N) is 4. The topological polar surface area (TPSA) is 59.8 Å². The van der Waals surface area contributed by atoms with Crippen molar-refractivity contribution in [3.8, 4) is 17.2 Å². The average molecular weight is 421 g/mol. The molecule has 0 bridgehead atoms. The van der Waals surface area contributed by atoms with Gasteiger partial charge >= 0.3 is 0 Å². The highest BCUT2D eigenvalue weighted by Gasteiger charge is 2.24. The first-order valence-electron chi connectivity index (χ1n) is 10.4. The highest BCUT2D eigenvalue weighted by atomic mass is 16.5. The fourth-order valence-electron chi connectivity index (χ4n) is 3.81. The second-order valence-corrected chi connectivity index (χ2v) is 7.74. The number of ether oxygens (including phenoxy) is 2. The quantitative estimate of drug-likeness (QED) is 0.613. The maximum atomic E-state index is 13.0. The lowest BCUT2D eigenvalue weighted by Gasteiger charge is -2.34. The molecule has 1 amide bonds. The Morgan fingerprint density at radius 2 is 1.71 bits per heavy atom. The maximum absolute atomic E-state index is 13.0. The van der Waals surface area contributed by atoms with Gasteiger partial charge in [-0.2, -0.15) is 5.10 Å². The largest absolute Gasteiger partial charge is 0.497 e. The third kappa shape index (κ3) is 4.72. The number of hydrogen-bond donors (Lipinski definition) is 0. The highest BCUT2D eigenvalue weighted by molar-refractivity contribution is 5.92. The number of carbonyl (C=O) groups is 1. The van der Waals surface area contributed by atoms with E-state index in [1.807, 2.05) is 48.4 Å². The number of hydrogen-bond acceptors (Lipinski definition) is 5. The summed E-state index contributed by atoms with van der Waals surface area (Å²) in [4.78, 5) is 17.2. The van der Waals surface area contributed by atoms with Crippen LogP contribution in [-0.4, -0.2) is 65.9 Å². The van der Waals surface area contributed by atoms with Gasteiger partial charge in [0.25, 0.3) is 5.91 Å². The van der Waals surface area contributed by atoms with Crippen LogP contribution in [0.3, 0.4) is 0 Å². The van der Waals surface area contributed by atoms with E-state index in [1.54, 1.807) is 25.0 Å². The summed E-state index contributed by atoms with van der Waals surface area (Å²) in [5, 5.41) is 4.53. The lowest BCUT2D eigenvalue weighted by molar-refractivity contribution is 0.0622. The Morgan fingerprint density at radius 1 is 0.968 bits per heavy atom. The zero-order chi connectivity index (χ0) is 21.8. The van der Waals surface area contributed by atoms with Gasteiger partial charge in [-0.1, -0.05) is 18.2 Å². The van der Waals surface area contributed by atoms with Gasteiger partial charge in [-0.05, 0) is 48.4 Å². The summed E-state index contributed by atoms with van der Waals surface area (Å²) >= 11 is 0. The average Bonchev–Trinajstić information content (AvgIpc) is 3.30. The van der Waals surface area contributed by atoms with Crippen LogP contribution in [0.1, 0.15) is 21.6 Å². The van der Waals surface area contributed by atoms with Gasteiger partial charge < -0.3 is 14.4 Å². The molecule has 1 aliphatic heterocycles. The minimum absolute atomic E-state index is 0.0329. The third-order valence-electron chi connectivity index (χ3n) is 5.61. The standard InChI is InChI=1S/C24H28N4O3/c1-18-4-9-23(31-3)22(16-18)28-11-10-21(25-28)24(29)27-14-12-26(13-15-27)17-19-5-7-20(30-2)8-6-19/h4-11,16H,12-15,17H2,1-3H3. The number of aryl methyl sites for hydroxylation is 1. The first-order valence-corrected chi connectivity index (χ1v) is 10.4. The molecule has 7 nitrogen and oxygen atoms in total. The van der Waals surface area contributed by atoms with E-state index in [2.05, 4.69) is 22.1 Å². The predicted molar refractivity (Wildman–Crippen MR) is 119 cm³/mol. The summed E-state index contributed by atoms with van der Waals surface area (Å²) in [5.41, 5.74) is 3.62. The van der Waals surface area contributed by atoms with Gasteiger partial charge in [0.2, 0.25) is 0 Å². The molecule has 1 aliphatic rings. The van der Waals surface area contributed by atoms with Crippen LogP contribution in [0.25, 0.3) is 5.69 Å². The molecule has 7 heteroatoms. The third-order valence-corrected chi connectivity index (χ3v) is 5.61. The molecule has 0 radical (unpaired) electrons. The maximum Gasteiger partial charge on any atom is 0.274 e. The van der Waals surface area contributed by atoms with Crippen molar-refractivity contribution in [2.45, 2.75) is 13.5 Å². The summed E-state index contributed by atoms with van der Waals surface area (Å²) in [7, 11) is 3.31. The van der Waals surface area contributed by atoms with E-state index < -0.39 is 0 Å².